The quantitative estimate of drug-likeness (QED) is 0.177. The number of hydrogen-bond acceptors (Lipinski definition) is 2. The molecule has 0 aliphatic heterocycles. The predicted octanol–water partition coefficient (Wildman–Crippen LogP) is 13.7. The van der Waals surface area contributed by atoms with Gasteiger partial charge in [0.1, 0.15) is 0 Å². The Hall–Kier alpha value is -5.96. The topological polar surface area (TPSA) is 3.24 Å². The molecular weight excluding hydrogens is 599 g/mol. The van der Waals surface area contributed by atoms with Gasteiger partial charge in [0.25, 0.3) is 0 Å². The summed E-state index contributed by atoms with van der Waals surface area (Å²) >= 11 is 1.86. The molecule has 9 rings (SSSR count). The molecule has 0 atom stereocenters. The maximum atomic E-state index is 2.40. The molecule has 9 aromatic rings. The van der Waals surface area contributed by atoms with E-state index in [1.54, 1.807) is 0 Å². The molecule has 0 aliphatic rings. The van der Waals surface area contributed by atoms with Crippen LogP contribution < -0.4 is 4.90 Å². The molecule has 0 saturated heterocycles. The van der Waals surface area contributed by atoms with Gasteiger partial charge in [-0.1, -0.05) is 140 Å². The first-order chi connectivity index (χ1) is 23.8. The molecule has 0 fully saturated rings. The van der Waals surface area contributed by atoms with E-state index < -0.39 is 0 Å². The SMILES string of the molecule is c1ccc(-c2ccc(N(c3cccc(-c4ccc5c(c4)sc4ccccc45)c3)c3ccccc3-c3ccc4ccccc4c3)cc2)cc1. The minimum absolute atomic E-state index is 1.11. The minimum Gasteiger partial charge on any atom is -0.310 e. The first kappa shape index (κ1) is 28.3. The smallest absolute Gasteiger partial charge is 0.0540 e. The zero-order valence-corrected chi connectivity index (χ0v) is 27.1. The van der Waals surface area contributed by atoms with Crippen LogP contribution in [-0.2, 0) is 0 Å². The number of hydrogen-bond donors (Lipinski definition) is 0. The molecule has 0 N–H and O–H groups in total. The highest BCUT2D eigenvalue weighted by Gasteiger charge is 2.18. The molecule has 0 spiro atoms. The molecule has 0 bridgehead atoms. The van der Waals surface area contributed by atoms with Crippen LogP contribution in [0.2, 0.25) is 0 Å². The number of fused-ring (bicyclic) bond motifs is 4. The fourth-order valence-corrected chi connectivity index (χ4v) is 8.01. The lowest BCUT2D eigenvalue weighted by Crippen LogP contribution is -2.11. The summed E-state index contributed by atoms with van der Waals surface area (Å²) in [5.74, 6) is 0. The second kappa shape index (κ2) is 12.0. The summed E-state index contributed by atoms with van der Waals surface area (Å²) in [7, 11) is 0. The molecule has 0 amide bonds. The van der Waals surface area contributed by atoms with Gasteiger partial charge in [-0.15, -0.1) is 11.3 Å². The third kappa shape index (κ3) is 5.13. The van der Waals surface area contributed by atoms with Crippen LogP contribution in [-0.4, -0.2) is 0 Å². The molecule has 2 heteroatoms. The van der Waals surface area contributed by atoms with E-state index in [0.29, 0.717) is 0 Å². The first-order valence-corrected chi connectivity index (χ1v) is 17.2. The Bertz CT molecular complexity index is 2560. The largest absolute Gasteiger partial charge is 0.310 e. The van der Waals surface area contributed by atoms with Crippen molar-refractivity contribution in [1.82, 2.24) is 0 Å². The fraction of sp³-hybridized carbons (Fsp3) is 0. The zero-order chi connectivity index (χ0) is 31.9. The standard InChI is InChI=1S/C46H31NS/c1-2-11-32(12-3-1)34-23-26-39(27-24-34)47(44-19-8-6-17-41(44)38-22-21-33-13-4-5-14-35(33)29-38)40-16-10-15-36(30-40)37-25-28-43-42-18-7-9-20-45(42)48-46(43)31-37/h1-31H. The highest BCUT2D eigenvalue weighted by molar-refractivity contribution is 7.25. The monoisotopic (exact) mass is 629 g/mol. The summed E-state index contributed by atoms with van der Waals surface area (Å²) in [5, 5.41) is 5.13. The maximum Gasteiger partial charge on any atom is 0.0540 e. The van der Waals surface area contributed by atoms with Crippen molar-refractivity contribution in [3.05, 3.63) is 188 Å². The molecule has 48 heavy (non-hydrogen) atoms. The van der Waals surface area contributed by atoms with Gasteiger partial charge in [-0.05, 0) is 87.1 Å². The van der Waals surface area contributed by atoms with Gasteiger partial charge >= 0.3 is 0 Å². The van der Waals surface area contributed by atoms with Crippen LogP contribution in [0.15, 0.2) is 188 Å². The lowest BCUT2D eigenvalue weighted by Gasteiger charge is -2.28. The Balaban J connectivity index is 1.19. The normalized spacial score (nSPS) is 11.3. The van der Waals surface area contributed by atoms with Crippen LogP contribution in [0.25, 0.3) is 64.3 Å². The second-order valence-electron chi connectivity index (χ2n) is 12.2. The van der Waals surface area contributed by atoms with Gasteiger partial charge in [0.15, 0.2) is 0 Å². The van der Waals surface area contributed by atoms with Gasteiger partial charge in [0.2, 0.25) is 0 Å². The molecular formula is C46H31NS. The van der Waals surface area contributed by atoms with Crippen LogP contribution in [0.1, 0.15) is 0 Å². The van der Waals surface area contributed by atoms with E-state index in [9.17, 15) is 0 Å². The van der Waals surface area contributed by atoms with Gasteiger partial charge in [0.05, 0.1) is 5.69 Å². The average Bonchev–Trinajstić information content (AvgIpc) is 3.54. The molecule has 0 radical (unpaired) electrons. The zero-order valence-electron chi connectivity index (χ0n) is 26.3. The van der Waals surface area contributed by atoms with E-state index >= 15 is 0 Å². The number of anilines is 3. The van der Waals surface area contributed by atoms with Crippen molar-refractivity contribution in [3.8, 4) is 33.4 Å². The molecule has 0 saturated carbocycles. The summed E-state index contributed by atoms with van der Waals surface area (Å²) in [6.45, 7) is 0. The molecule has 8 aromatic carbocycles. The second-order valence-corrected chi connectivity index (χ2v) is 13.3. The number of benzene rings is 8. The number of para-hydroxylation sites is 1. The highest BCUT2D eigenvalue weighted by Crippen LogP contribution is 2.43. The van der Waals surface area contributed by atoms with Crippen molar-refractivity contribution in [1.29, 1.82) is 0 Å². The lowest BCUT2D eigenvalue weighted by molar-refractivity contribution is 1.28. The maximum absolute atomic E-state index is 2.40. The van der Waals surface area contributed by atoms with Gasteiger partial charge < -0.3 is 4.90 Å². The number of rotatable bonds is 6. The summed E-state index contributed by atoms with van der Waals surface area (Å²) in [5.41, 5.74) is 10.6. The summed E-state index contributed by atoms with van der Waals surface area (Å²) in [6, 6.07) is 68.2. The van der Waals surface area contributed by atoms with E-state index in [2.05, 4.69) is 193 Å². The third-order valence-electron chi connectivity index (χ3n) is 9.25. The fourth-order valence-electron chi connectivity index (χ4n) is 6.86. The van der Waals surface area contributed by atoms with Crippen molar-refractivity contribution < 1.29 is 0 Å². The lowest BCUT2D eigenvalue weighted by atomic mass is 9.98. The van der Waals surface area contributed by atoms with E-state index in [0.717, 1.165) is 17.1 Å². The summed E-state index contributed by atoms with van der Waals surface area (Å²) in [6.07, 6.45) is 0. The Morgan fingerprint density at radius 3 is 1.88 bits per heavy atom. The van der Waals surface area contributed by atoms with Gasteiger partial charge in [-0.25, -0.2) is 0 Å². The molecule has 1 aromatic heterocycles. The molecule has 1 nitrogen and oxygen atoms in total. The van der Waals surface area contributed by atoms with Crippen molar-refractivity contribution in [3.63, 3.8) is 0 Å². The predicted molar refractivity (Wildman–Crippen MR) is 208 cm³/mol. The molecule has 226 valence electrons. The van der Waals surface area contributed by atoms with E-state index in [1.165, 1.54) is 64.3 Å². The minimum atomic E-state index is 1.11. The van der Waals surface area contributed by atoms with E-state index in [4.69, 9.17) is 0 Å². The Labute approximate surface area is 284 Å². The van der Waals surface area contributed by atoms with Crippen molar-refractivity contribution in [2.75, 3.05) is 4.90 Å². The summed E-state index contributed by atoms with van der Waals surface area (Å²) in [4.78, 5) is 2.40. The Morgan fingerprint density at radius 1 is 0.333 bits per heavy atom. The van der Waals surface area contributed by atoms with Crippen molar-refractivity contribution in [2.24, 2.45) is 0 Å². The van der Waals surface area contributed by atoms with Gasteiger partial charge in [-0.3, -0.25) is 0 Å². The molecule has 0 aliphatic carbocycles. The summed E-state index contributed by atoms with van der Waals surface area (Å²) < 4.78 is 2.64. The Morgan fingerprint density at radius 2 is 0.979 bits per heavy atom. The van der Waals surface area contributed by atoms with E-state index in [1.807, 2.05) is 11.3 Å². The molecule has 1 heterocycles. The first-order valence-electron chi connectivity index (χ1n) is 16.3. The van der Waals surface area contributed by atoms with Gasteiger partial charge in [-0.2, -0.15) is 0 Å². The van der Waals surface area contributed by atoms with Crippen molar-refractivity contribution >= 4 is 59.3 Å². The average molecular weight is 630 g/mol. The van der Waals surface area contributed by atoms with E-state index in [-0.39, 0.29) is 0 Å². The van der Waals surface area contributed by atoms with Crippen LogP contribution in [0.5, 0.6) is 0 Å². The molecule has 0 unspecified atom stereocenters. The van der Waals surface area contributed by atoms with Crippen LogP contribution in [0.3, 0.4) is 0 Å². The number of nitrogens with zero attached hydrogens (tertiary/aromatic N) is 1. The highest BCUT2D eigenvalue weighted by atomic mass is 32.1. The third-order valence-corrected chi connectivity index (χ3v) is 10.4. The number of thiophene rings is 1. The van der Waals surface area contributed by atoms with Crippen LogP contribution in [0.4, 0.5) is 17.1 Å². The van der Waals surface area contributed by atoms with Crippen LogP contribution in [0, 0.1) is 0 Å². The van der Waals surface area contributed by atoms with Crippen molar-refractivity contribution in [2.45, 2.75) is 0 Å². The van der Waals surface area contributed by atoms with Gasteiger partial charge in [0, 0.05) is 37.1 Å². The van der Waals surface area contributed by atoms with Crippen LogP contribution >= 0.6 is 11.3 Å². The Kier molecular flexibility index (Phi) is 7.07.